The molecule has 0 saturated carbocycles. The van der Waals surface area contributed by atoms with Gasteiger partial charge in [0.05, 0.1) is 23.1 Å². The van der Waals surface area contributed by atoms with Gasteiger partial charge in [0.25, 0.3) is 0 Å². The largest absolute Gasteiger partial charge is 0.383 e. The summed E-state index contributed by atoms with van der Waals surface area (Å²) < 4.78 is 19.3. The average molecular weight is 479 g/mol. The van der Waals surface area contributed by atoms with Crippen LogP contribution in [-0.2, 0) is 4.74 Å². The van der Waals surface area contributed by atoms with Crippen LogP contribution < -0.4 is 10.6 Å². The van der Waals surface area contributed by atoms with Crippen LogP contribution in [0, 0.1) is 5.82 Å². The van der Waals surface area contributed by atoms with Gasteiger partial charge >= 0.3 is 0 Å². The molecule has 0 aliphatic carbocycles. The number of ether oxygens (including phenoxy) is 1. The molecule has 0 spiro atoms. The molecule has 1 saturated heterocycles. The molecule has 1 aromatic carbocycles. The molecule has 9 heteroatoms. The monoisotopic (exact) mass is 478 g/mol. The molecule has 2 N–H and O–H groups in total. The van der Waals surface area contributed by atoms with Crippen molar-refractivity contribution in [2.75, 3.05) is 36.9 Å². The quantitative estimate of drug-likeness (QED) is 0.365. The Kier molecular flexibility index (Phi) is 6.86. The third-order valence-corrected chi connectivity index (χ3v) is 6.97. The number of benzene rings is 1. The minimum Gasteiger partial charge on any atom is -0.383 e. The first kappa shape index (κ1) is 22.1. The Morgan fingerprint density at radius 1 is 1.10 bits per heavy atom. The molecule has 1 aliphatic heterocycles. The van der Waals surface area contributed by atoms with E-state index in [9.17, 15) is 4.39 Å². The minimum absolute atomic E-state index is 0.0260. The van der Waals surface area contributed by atoms with Crippen molar-refractivity contribution in [2.24, 2.45) is 0 Å². The Hall–Kier alpha value is -2.06. The van der Waals surface area contributed by atoms with Crippen molar-refractivity contribution in [2.45, 2.75) is 17.1 Å². The van der Waals surface area contributed by atoms with Crippen molar-refractivity contribution in [1.29, 1.82) is 0 Å². The standard InChI is InChI=1S/C22H21Cl2FN4OS/c1-13(20-16(23)3-4-17(25)21(20)24)31-18-10-15(12-28-22(18)26)14-2-5-19(27-11-14)29-6-8-30-9-7-29/h2-5,10-13H,6-9H2,1H3,(H2,26,28). The van der Waals surface area contributed by atoms with Crippen LogP contribution in [-0.4, -0.2) is 36.3 Å². The number of aromatic nitrogens is 2. The van der Waals surface area contributed by atoms with Gasteiger partial charge in [0.1, 0.15) is 17.5 Å². The molecule has 0 bridgehead atoms. The molecule has 1 aliphatic rings. The van der Waals surface area contributed by atoms with Crippen molar-refractivity contribution < 1.29 is 9.13 Å². The van der Waals surface area contributed by atoms with Crippen LogP contribution in [0.15, 0.2) is 47.6 Å². The summed E-state index contributed by atoms with van der Waals surface area (Å²) in [4.78, 5) is 11.9. The summed E-state index contributed by atoms with van der Waals surface area (Å²) in [5.41, 5.74) is 8.47. The Morgan fingerprint density at radius 2 is 1.84 bits per heavy atom. The van der Waals surface area contributed by atoms with E-state index in [2.05, 4.69) is 14.9 Å². The van der Waals surface area contributed by atoms with Gasteiger partial charge in [-0.25, -0.2) is 14.4 Å². The fourth-order valence-electron chi connectivity index (χ4n) is 3.41. The highest BCUT2D eigenvalue weighted by molar-refractivity contribution is 7.99. The predicted octanol–water partition coefficient (Wildman–Crippen LogP) is 5.86. The predicted molar refractivity (Wildman–Crippen MR) is 126 cm³/mol. The lowest BCUT2D eigenvalue weighted by molar-refractivity contribution is 0.122. The SMILES string of the molecule is CC(Sc1cc(-c2ccc(N3CCOCC3)nc2)cnc1N)c1c(Cl)ccc(F)c1Cl. The van der Waals surface area contributed by atoms with Gasteiger partial charge < -0.3 is 15.4 Å². The molecule has 0 radical (unpaired) electrons. The topological polar surface area (TPSA) is 64.3 Å². The molecular formula is C22H21Cl2FN4OS. The van der Waals surface area contributed by atoms with Crippen LogP contribution >= 0.6 is 35.0 Å². The maximum absolute atomic E-state index is 13.9. The zero-order valence-electron chi connectivity index (χ0n) is 16.8. The lowest BCUT2D eigenvalue weighted by Crippen LogP contribution is -2.36. The molecule has 1 unspecified atom stereocenters. The molecule has 162 valence electrons. The highest BCUT2D eigenvalue weighted by atomic mass is 35.5. The third kappa shape index (κ3) is 4.90. The van der Waals surface area contributed by atoms with Crippen molar-refractivity contribution in [3.8, 4) is 11.1 Å². The summed E-state index contributed by atoms with van der Waals surface area (Å²) >= 11 is 13.9. The zero-order valence-corrected chi connectivity index (χ0v) is 19.1. The molecule has 31 heavy (non-hydrogen) atoms. The number of hydrogen-bond donors (Lipinski definition) is 1. The summed E-state index contributed by atoms with van der Waals surface area (Å²) in [7, 11) is 0. The van der Waals surface area contributed by atoms with Gasteiger partial charge in [-0.2, -0.15) is 0 Å². The molecule has 1 fully saturated rings. The smallest absolute Gasteiger partial charge is 0.142 e. The fourth-order valence-corrected chi connectivity index (χ4v) is 5.35. The van der Waals surface area contributed by atoms with Crippen LogP contribution in [0.4, 0.5) is 16.0 Å². The maximum Gasteiger partial charge on any atom is 0.142 e. The van der Waals surface area contributed by atoms with Gasteiger partial charge in [0.2, 0.25) is 0 Å². The lowest BCUT2D eigenvalue weighted by Gasteiger charge is -2.27. The number of nitrogens with two attached hydrogens (primary N) is 1. The molecule has 1 atom stereocenters. The van der Waals surface area contributed by atoms with Crippen LogP contribution in [0.25, 0.3) is 11.1 Å². The number of nitrogens with zero attached hydrogens (tertiary/aromatic N) is 3. The van der Waals surface area contributed by atoms with E-state index in [0.29, 0.717) is 29.6 Å². The van der Waals surface area contributed by atoms with E-state index in [1.807, 2.05) is 31.3 Å². The maximum atomic E-state index is 13.9. The molecule has 5 nitrogen and oxygen atoms in total. The highest BCUT2D eigenvalue weighted by Gasteiger charge is 2.20. The van der Waals surface area contributed by atoms with Crippen LogP contribution in [0.5, 0.6) is 0 Å². The highest BCUT2D eigenvalue weighted by Crippen LogP contribution is 2.44. The minimum atomic E-state index is -0.500. The molecule has 3 heterocycles. The number of pyridine rings is 2. The number of rotatable bonds is 5. The van der Waals surface area contributed by atoms with Crippen molar-refractivity contribution in [1.82, 2.24) is 9.97 Å². The Morgan fingerprint density at radius 3 is 2.55 bits per heavy atom. The summed E-state index contributed by atoms with van der Waals surface area (Å²) in [6.45, 7) is 4.99. The van der Waals surface area contributed by atoms with E-state index < -0.39 is 5.82 Å². The van der Waals surface area contributed by atoms with E-state index >= 15 is 0 Å². The van der Waals surface area contributed by atoms with Gasteiger partial charge in [-0.1, -0.05) is 23.2 Å². The number of hydrogen-bond acceptors (Lipinski definition) is 6. The van der Waals surface area contributed by atoms with E-state index in [1.165, 1.54) is 23.9 Å². The van der Waals surface area contributed by atoms with Crippen molar-refractivity contribution in [3.63, 3.8) is 0 Å². The van der Waals surface area contributed by atoms with Crippen LogP contribution in [0.1, 0.15) is 17.7 Å². The number of anilines is 2. The summed E-state index contributed by atoms with van der Waals surface area (Å²) in [6.07, 6.45) is 3.55. The molecular weight excluding hydrogens is 458 g/mol. The summed E-state index contributed by atoms with van der Waals surface area (Å²) in [5.74, 6) is 0.816. The number of halogens is 3. The number of morpholine rings is 1. The molecule has 4 rings (SSSR count). The molecule has 3 aromatic rings. The van der Waals surface area contributed by atoms with Gasteiger partial charge in [-0.05, 0) is 37.3 Å². The van der Waals surface area contributed by atoms with E-state index in [1.54, 1.807) is 6.20 Å². The average Bonchev–Trinajstić information content (AvgIpc) is 2.79. The van der Waals surface area contributed by atoms with Crippen LogP contribution in [0.3, 0.4) is 0 Å². The normalized spacial score (nSPS) is 15.2. The van der Waals surface area contributed by atoms with Gasteiger partial charge in [-0.15, -0.1) is 11.8 Å². The second-order valence-electron chi connectivity index (χ2n) is 7.13. The first-order valence-corrected chi connectivity index (χ1v) is 11.4. The van der Waals surface area contributed by atoms with Crippen LogP contribution in [0.2, 0.25) is 10.0 Å². The Labute approximate surface area is 194 Å². The second kappa shape index (κ2) is 9.61. The van der Waals surface area contributed by atoms with Crippen molar-refractivity contribution >= 4 is 46.6 Å². The first-order valence-electron chi connectivity index (χ1n) is 9.78. The van der Waals surface area contributed by atoms with Gasteiger partial charge in [0.15, 0.2) is 0 Å². The molecule has 0 amide bonds. The summed E-state index contributed by atoms with van der Waals surface area (Å²) in [5, 5.41) is 0.215. The zero-order chi connectivity index (χ0) is 22.0. The number of nitrogen functional groups attached to an aromatic ring is 1. The van der Waals surface area contributed by atoms with E-state index in [4.69, 9.17) is 33.7 Å². The van der Waals surface area contributed by atoms with E-state index in [-0.39, 0.29) is 10.3 Å². The van der Waals surface area contributed by atoms with E-state index in [0.717, 1.165) is 34.9 Å². The van der Waals surface area contributed by atoms with Crippen molar-refractivity contribution in [3.05, 3.63) is 64.2 Å². The summed E-state index contributed by atoms with van der Waals surface area (Å²) in [6, 6.07) is 8.74. The number of thioether (sulfide) groups is 1. The van der Waals surface area contributed by atoms with Gasteiger partial charge in [-0.3, -0.25) is 0 Å². The second-order valence-corrected chi connectivity index (χ2v) is 9.30. The lowest BCUT2D eigenvalue weighted by atomic mass is 10.1. The van der Waals surface area contributed by atoms with Gasteiger partial charge in [0, 0.05) is 52.4 Å². The Balaban J connectivity index is 1.57. The first-order chi connectivity index (χ1) is 14.9. The Bertz CT molecular complexity index is 1080. The third-order valence-electron chi connectivity index (χ3n) is 5.09. The molecule has 2 aromatic heterocycles. The fraction of sp³-hybridized carbons (Fsp3) is 0.273.